The third kappa shape index (κ3) is 3.18. The van der Waals surface area contributed by atoms with Crippen LogP contribution in [0.5, 0.6) is 5.75 Å². The van der Waals surface area contributed by atoms with E-state index in [9.17, 15) is 4.79 Å². The van der Waals surface area contributed by atoms with Crippen LogP contribution < -0.4 is 10.1 Å². The van der Waals surface area contributed by atoms with E-state index in [2.05, 4.69) is 5.32 Å². The fourth-order valence-electron chi connectivity index (χ4n) is 5.12. The van der Waals surface area contributed by atoms with Gasteiger partial charge in [0.2, 0.25) is 0 Å². The van der Waals surface area contributed by atoms with Crippen LogP contribution in [0.3, 0.4) is 0 Å². The van der Waals surface area contributed by atoms with Crippen LogP contribution in [-0.4, -0.2) is 18.6 Å². The number of nitrogens with one attached hydrogen (secondary N) is 1. The molecule has 0 unspecified atom stereocenters. The van der Waals surface area contributed by atoms with Gasteiger partial charge >= 0.3 is 0 Å². The number of carbonyl (C=O) groups is 1. The van der Waals surface area contributed by atoms with Crippen LogP contribution in [-0.2, 0) is 4.79 Å². The lowest BCUT2D eigenvalue weighted by molar-refractivity contribution is -0.127. The zero-order valence-electron chi connectivity index (χ0n) is 12.9. The third-order valence-electron chi connectivity index (χ3n) is 5.81. The number of rotatable bonds is 4. The summed E-state index contributed by atoms with van der Waals surface area (Å²) in [6.07, 6.45) is 6.58. The van der Waals surface area contributed by atoms with E-state index in [1.165, 1.54) is 32.1 Å². The summed E-state index contributed by atoms with van der Waals surface area (Å²) in [6, 6.07) is 5.36. The van der Waals surface area contributed by atoms with E-state index in [0.717, 1.165) is 11.8 Å². The molecule has 4 bridgehead atoms. The molecule has 1 amide bonds. The van der Waals surface area contributed by atoms with Gasteiger partial charge in [0, 0.05) is 17.1 Å². The van der Waals surface area contributed by atoms with Crippen molar-refractivity contribution < 1.29 is 9.53 Å². The van der Waals surface area contributed by atoms with Crippen molar-refractivity contribution in [1.29, 1.82) is 0 Å². The molecule has 0 saturated heterocycles. The normalized spacial score (nSPS) is 34.4. The number of amides is 1. The monoisotopic (exact) mass is 353 g/mol. The Hall–Kier alpha value is -0.930. The fourth-order valence-corrected chi connectivity index (χ4v) is 5.45. The second kappa shape index (κ2) is 6.18. The lowest BCUT2D eigenvalue weighted by atomic mass is 9.54. The predicted molar refractivity (Wildman–Crippen MR) is 90.9 cm³/mol. The number of hydrogen-bond donors (Lipinski definition) is 1. The first-order chi connectivity index (χ1) is 11.1. The van der Waals surface area contributed by atoms with E-state index in [0.29, 0.717) is 33.7 Å². The molecule has 0 aromatic heterocycles. The number of halogens is 2. The molecular weight excluding hydrogens is 333 g/mol. The summed E-state index contributed by atoms with van der Waals surface area (Å²) < 4.78 is 5.54. The van der Waals surface area contributed by atoms with Crippen molar-refractivity contribution in [2.75, 3.05) is 6.61 Å². The SMILES string of the molecule is O=C(COc1cc(Cl)ccc1Cl)NC1C2CC3CC(C2)CC1C3. The Morgan fingerprint density at radius 1 is 1.09 bits per heavy atom. The summed E-state index contributed by atoms with van der Waals surface area (Å²) >= 11 is 12.0. The standard InChI is InChI=1S/C18H21Cl2NO2/c19-14-1-2-15(20)16(8-14)23-9-17(22)21-18-12-4-10-3-11(6-12)7-13(18)5-10/h1-2,8,10-13,18H,3-7,9H2,(H,21,22). The van der Waals surface area contributed by atoms with Crippen molar-refractivity contribution in [1.82, 2.24) is 5.32 Å². The van der Waals surface area contributed by atoms with Gasteiger partial charge < -0.3 is 10.1 Å². The molecule has 4 aliphatic carbocycles. The van der Waals surface area contributed by atoms with E-state index in [-0.39, 0.29) is 12.5 Å². The molecule has 4 saturated carbocycles. The Labute approximate surface area is 146 Å². The summed E-state index contributed by atoms with van der Waals surface area (Å²) in [6.45, 7) is -0.0111. The van der Waals surface area contributed by atoms with Gasteiger partial charge in [-0.1, -0.05) is 23.2 Å². The molecule has 23 heavy (non-hydrogen) atoms. The summed E-state index contributed by atoms with van der Waals surface area (Å²) in [5.41, 5.74) is 0. The van der Waals surface area contributed by atoms with Gasteiger partial charge in [-0.2, -0.15) is 0 Å². The Balaban J connectivity index is 1.34. The van der Waals surface area contributed by atoms with Crippen LogP contribution in [0.1, 0.15) is 32.1 Å². The second-order valence-corrected chi connectivity index (χ2v) is 8.23. The maximum atomic E-state index is 12.3. The first-order valence-corrected chi connectivity index (χ1v) is 9.21. The highest BCUT2D eigenvalue weighted by molar-refractivity contribution is 6.34. The summed E-state index contributed by atoms with van der Waals surface area (Å²) in [4.78, 5) is 12.3. The Kier molecular flexibility index (Phi) is 4.19. The number of carbonyl (C=O) groups excluding carboxylic acids is 1. The van der Waals surface area contributed by atoms with Gasteiger partial charge in [-0.3, -0.25) is 4.79 Å². The minimum absolute atomic E-state index is 0.0111. The highest BCUT2D eigenvalue weighted by Gasteiger charge is 2.48. The molecule has 124 valence electrons. The number of benzene rings is 1. The number of ether oxygens (including phenoxy) is 1. The van der Waals surface area contributed by atoms with Gasteiger partial charge in [-0.05, 0) is 67.9 Å². The minimum Gasteiger partial charge on any atom is -0.482 e. The van der Waals surface area contributed by atoms with Crippen LogP contribution in [0.2, 0.25) is 10.0 Å². The lowest BCUT2D eigenvalue weighted by Crippen LogP contribution is -2.56. The first kappa shape index (κ1) is 15.6. The van der Waals surface area contributed by atoms with Gasteiger partial charge in [0.05, 0.1) is 5.02 Å². The second-order valence-electron chi connectivity index (χ2n) is 7.39. The van der Waals surface area contributed by atoms with Crippen LogP contribution in [0, 0.1) is 23.7 Å². The van der Waals surface area contributed by atoms with E-state index >= 15 is 0 Å². The molecule has 0 atom stereocenters. The predicted octanol–water partition coefficient (Wildman–Crippen LogP) is 4.31. The van der Waals surface area contributed by atoms with Crippen molar-refractivity contribution in [2.24, 2.45) is 23.7 Å². The smallest absolute Gasteiger partial charge is 0.258 e. The first-order valence-electron chi connectivity index (χ1n) is 8.45. The van der Waals surface area contributed by atoms with Crippen LogP contribution in [0.4, 0.5) is 0 Å². The molecule has 4 aliphatic rings. The third-order valence-corrected chi connectivity index (χ3v) is 6.35. The molecule has 0 heterocycles. The van der Waals surface area contributed by atoms with Crippen LogP contribution in [0.15, 0.2) is 18.2 Å². The van der Waals surface area contributed by atoms with Crippen molar-refractivity contribution in [2.45, 2.75) is 38.1 Å². The molecule has 5 heteroatoms. The van der Waals surface area contributed by atoms with Crippen LogP contribution >= 0.6 is 23.2 Å². The van der Waals surface area contributed by atoms with E-state index in [1.807, 2.05) is 0 Å². The Bertz CT molecular complexity index is 591. The van der Waals surface area contributed by atoms with E-state index in [4.69, 9.17) is 27.9 Å². The van der Waals surface area contributed by atoms with Crippen molar-refractivity contribution in [3.05, 3.63) is 28.2 Å². The Morgan fingerprint density at radius 3 is 2.39 bits per heavy atom. The summed E-state index contributed by atoms with van der Waals surface area (Å²) in [5.74, 6) is 3.56. The van der Waals surface area contributed by atoms with Crippen LogP contribution in [0.25, 0.3) is 0 Å². The van der Waals surface area contributed by atoms with E-state index in [1.54, 1.807) is 18.2 Å². The fraction of sp³-hybridized carbons (Fsp3) is 0.611. The molecule has 1 N–H and O–H groups in total. The van der Waals surface area contributed by atoms with Crippen molar-refractivity contribution in [3.63, 3.8) is 0 Å². The molecule has 0 radical (unpaired) electrons. The number of hydrogen-bond acceptors (Lipinski definition) is 2. The van der Waals surface area contributed by atoms with Crippen molar-refractivity contribution >= 4 is 29.1 Å². The minimum atomic E-state index is -0.0569. The van der Waals surface area contributed by atoms with Gasteiger partial charge in [0.25, 0.3) is 5.91 Å². The molecule has 0 aliphatic heterocycles. The molecule has 0 spiro atoms. The zero-order chi connectivity index (χ0) is 16.0. The largest absolute Gasteiger partial charge is 0.482 e. The molecule has 3 nitrogen and oxygen atoms in total. The maximum absolute atomic E-state index is 12.3. The summed E-state index contributed by atoms with van der Waals surface area (Å²) in [7, 11) is 0. The molecule has 4 fully saturated rings. The lowest BCUT2D eigenvalue weighted by Gasteiger charge is -2.54. The highest BCUT2D eigenvalue weighted by atomic mass is 35.5. The topological polar surface area (TPSA) is 38.3 Å². The van der Waals surface area contributed by atoms with Gasteiger partial charge in [0.15, 0.2) is 6.61 Å². The van der Waals surface area contributed by atoms with Gasteiger partial charge in [0.1, 0.15) is 5.75 Å². The summed E-state index contributed by atoms with van der Waals surface area (Å²) in [5, 5.41) is 4.24. The Morgan fingerprint density at radius 2 is 1.74 bits per heavy atom. The molecule has 5 rings (SSSR count). The average molecular weight is 354 g/mol. The van der Waals surface area contributed by atoms with E-state index < -0.39 is 0 Å². The molecular formula is C18H21Cl2NO2. The molecule has 1 aromatic carbocycles. The van der Waals surface area contributed by atoms with Gasteiger partial charge in [-0.25, -0.2) is 0 Å². The maximum Gasteiger partial charge on any atom is 0.258 e. The van der Waals surface area contributed by atoms with Gasteiger partial charge in [-0.15, -0.1) is 0 Å². The average Bonchev–Trinajstić information content (AvgIpc) is 2.51. The highest BCUT2D eigenvalue weighted by Crippen LogP contribution is 2.53. The quantitative estimate of drug-likeness (QED) is 0.875. The van der Waals surface area contributed by atoms with Crippen molar-refractivity contribution in [3.8, 4) is 5.75 Å². The molecule has 1 aromatic rings. The zero-order valence-corrected chi connectivity index (χ0v) is 14.4.